The highest BCUT2D eigenvalue weighted by Gasteiger charge is 2.16. The molecule has 0 aromatic heterocycles. The first-order chi connectivity index (χ1) is 7.14. The van der Waals surface area contributed by atoms with E-state index in [1.807, 2.05) is 6.92 Å². The third-order valence-electron chi connectivity index (χ3n) is 2.70. The lowest BCUT2D eigenvalue weighted by atomic mass is 10.0. The maximum atomic E-state index is 11.5. The fourth-order valence-corrected chi connectivity index (χ4v) is 2.90. The van der Waals surface area contributed by atoms with E-state index >= 15 is 0 Å². The lowest BCUT2D eigenvalue weighted by Gasteiger charge is -2.22. The molecule has 1 aliphatic heterocycles. The zero-order valence-electron chi connectivity index (χ0n) is 9.37. The normalized spacial score (nSPS) is 19.3. The number of rotatable bonds is 6. The number of ether oxygens (including phenoxy) is 1. The largest absolute Gasteiger partial charge is 0.381 e. The predicted molar refractivity (Wildman–Crippen MR) is 60.2 cm³/mol. The van der Waals surface area contributed by atoms with Crippen LogP contribution in [0.25, 0.3) is 0 Å². The maximum absolute atomic E-state index is 11.5. The molecule has 0 atom stereocenters. The molecule has 15 heavy (non-hydrogen) atoms. The Kier molecular flexibility index (Phi) is 5.56. The van der Waals surface area contributed by atoms with Gasteiger partial charge in [-0.2, -0.15) is 0 Å². The highest BCUT2D eigenvalue weighted by atomic mass is 32.2. The van der Waals surface area contributed by atoms with Crippen molar-refractivity contribution in [3.05, 3.63) is 0 Å². The summed E-state index contributed by atoms with van der Waals surface area (Å²) >= 11 is 0. The van der Waals surface area contributed by atoms with Crippen LogP contribution in [0.2, 0.25) is 0 Å². The van der Waals surface area contributed by atoms with Crippen molar-refractivity contribution in [1.29, 1.82) is 0 Å². The van der Waals surface area contributed by atoms with Crippen LogP contribution in [0, 0.1) is 5.92 Å². The Labute approximate surface area is 92.4 Å². The molecule has 4 nitrogen and oxygen atoms in total. The Balaban J connectivity index is 2.22. The third-order valence-corrected chi connectivity index (χ3v) is 4.13. The van der Waals surface area contributed by atoms with E-state index in [1.165, 1.54) is 0 Å². The maximum Gasteiger partial charge on any atom is 0.211 e. The molecule has 1 saturated heterocycles. The van der Waals surface area contributed by atoms with Crippen LogP contribution in [0.4, 0.5) is 0 Å². The number of sulfonamides is 1. The fraction of sp³-hybridized carbons (Fsp3) is 1.00. The molecule has 1 fully saturated rings. The average Bonchev–Trinajstić information content (AvgIpc) is 2.25. The molecule has 0 saturated carbocycles. The zero-order valence-corrected chi connectivity index (χ0v) is 10.2. The number of hydrogen-bond acceptors (Lipinski definition) is 3. The molecule has 1 rings (SSSR count). The molecule has 1 heterocycles. The summed E-state index contributed by atoms with van der Waals surface area (Å²) in [5.74, 6) is 0.711. The minimum absolute atomic E-state index is 0.257. The van der Waals surface area contributed by atoms with Crippen LogP contribution in [-0.2, 0) is 14.8 Å². The Bertz CT molecular complexity index is 258. The summed E-state index contributed by atoms with van der Waals surface area (Å²) in [4.78, 5) is 0. The lowest BCUT2D eigenvalue weighted by molar-refractivity contribution is 0.0678. The summed E-state index contributed by atoms with van der Waals surface area (Å²) in [7, 11) is -3.03. The van der Waals surface area contributed by atoms with E-state index in [1.54, 1.807) is 0 Å². The van der Waals surface area contributed by atoms with Gasteiger partial charge in [-0.3, -0.25) is 0 Å². The fourth-order valence-electron chi connectivity index (χ4n) is 1.60. The van der Waals surface area contributed by atoms with Crippen molar-refractivity contribution in [1.82, 2.24) is 4.72 Å². The summed E-state index contributed by atoms with van der Waals surface area (Å²) in [5, 5.41) is 0. The minimum atomic E-state index is -3.03. The van der Waals surface area contributed by atoms with E-state index in [0.717, 1.165) is 38.9 Å². The Morgan fingerprint density at radius 2 is 2.00 bits per heavy atom. The molecule has 0 bridgehead atoms. The van der Waals surface area contributed by atoms with Crippen molar-refractivity contribution in [2.24, 2.45) is 5.92 Å². The summed E-state index contributed by atoms with van der Waals surface area (Å²) < 4.78 is 30.9. The van der Waals surface area contributed by atoms with E-state index in [-0.39, 0.29) is 5.75 Å². The van der Waals surface area contributed by atoms with Gasteiger partial charge in [-0.1, -0.05) is 13.3 Å². The molecule has 0 amide bonds. The summed E-state index contributed by atoms with van der Waals surface area (Å²) in [6.45, 7) is 4.10. The van der Waals surface area contributed by atoms with Gasteiger partial charge in [-0.05, 0) is 25.2 Å². The molecule has 0 spiro atoms. The van der Waals surface area contributed by atoms with Crippen LogP contribution in [-0.4, -0.2) is 33.9 Å². The van der Waals surface area contributed by atoms with E-state index in [0.29, 0.717) is 12.5 Å². The van der Waals surface area contributed by atoms with Crippen molar-refractivity contribution < 1.29 is 13.2 Å². The van der Waals surface area contributed by atoms with Gasteiger partial charge in [0.25, 0.3) is 0 Å². The number of unbranched alkanes of at least 4 members (excludes halogenated alkanes) is 1. The molecule has 0 aromatic rings. The Morgan fingerprint density at radius 1 is 1.33 bits per heavy atom. The summed E-state index contributed by atoms with van der Waals surface area (Å²) in [5.41, 5.74) is 0. The molecule has 1 N–H and O–H groups in total. The van der Waals surface area contributed by atoms with Gasteiger partial charge in [0.1, 0.15) is 0 Å². The van der Waals surface area contributed by atoms with Crippen LogP contribution in [0.1, 0.15) is 32.6 Å². The number of hydrogen-bond donors (Lipinski definition) is 1. The van der Waals surface area contributed by atoms with Gasteiger partial charge in [-0.15, -0.1) is 0 Å². The van der Waals surface area contributed by atoms with Gasteiger partial charge in [0.2, 0.25) is 10.0 Å². The van der Waals surface area contributed by atoms with E-state index < -0.39 is 10.0 Å². The van der Waals surface area contributed by atoms with Crippen molar-refractivity contribution >= 4 is 10.0 Å². The quantitative estimate of drug-likeness (QED) is 0.751. The van der Waals surface area contributed by atoms with Crippen LogP contribution >= 0.6 is 0 Å². The third kappa shape index (κ3) is 5.49. The second kappa shape index (κ2) is 6.45. The van der Waals surface area contributed by atoms with Crippen molar-refractivity contribution in [3.63, 3.8) is 0 Å². The summed E-state index contributed by atoms with van der Waals surface area (Å²) in [6, 6.07) is 0. The van der Waals surface area contributed by atoms with Gasteiger partial charge < -0.3 is 4.74 Å². The van der Waals surface area contributed by atoms with E-state index in [4.69, 9.17) is 4.74 Å². The second-order valence-electron chi connectivity index (χ2n) is 4.08. The molecular formula is C10H21NO3S. The van der Waals surface area contributed by atoms with Crippen molar-refractivity contribution in [3.8, 4) is 0 Å². The first-order valence-corrected chi connectivity index (χ1v) is 7.34. The van der Waals surface area contributed by atoms with Gasteiger partial charge in [0, 0.05) is 19.8 Å². The molecule has 0 radical (unpaired) electrons. The van der Waals surface area contributed by atoms with E-state index in [2.05, 4.69) is 4.72 Å². The molecule has 0 unspecified atom stereocenters. The highest BCUT2D eigenvalue weighted by molar-refractivity contribution is 7.89. The summed E-state index contributed by atoms with van der Waals surface area (Å²) in [6.07, 6.45) is 3.59. The van der Waals surface area contributed by atoms with Crippen LogP contribution in [0.3, 0.4) is 0 Å². The zero-order chi connectivity index (χ0) is 11.1. The second-order valence-corrected chi connectivity index (χ2v) is 6.00. The highest BCUT2D eigenvalue weighted by Crippen LogP contribution is 2.13. The Hall–Kier alpha value is -0.130. The van der Waals surface area contributed by atoms with Crippen molar-refractivity contribution in [2.75, 3.05) is 25.5 Å². The van der Waals surface area contributed by atoms with Gasteiger partial charge in [-0.25, -0.2) is 13.1 Å². The standard InChI is InChI=1S/C10H21NO3S/c1-2-3-8-15(12,13)11-9-10-4-6-14-7-5-10/h10-11H,2-9H2,1H3. The van der Waals surface area contributed by atoms with Crippen LogP contribution in [0.15, 0.2) is 0 Å². The number of nitrogens with one attached hydrogen (secondary N) is 1. The van der Waals surface area contributed by atoms with Crippen molar-refractivity contribution in [2.45, 2.75) is 32.6 Å². The first-order valence-electron chi connectivity index (χ1n) is 5.69. The predicted octanol–water partition coefficient (Wildman–Crippen LogP) is 1.13. The molecule has 5 heteroatoms. The minimum Gasteiger partial charge on any atom is -0.381 e. The Morgan fingerprint density at radius 3 is 2.60 bits per heavy atom. The van der Waals surface area contributed by atoms with Crippen LogP contribution < -0.4 is 4.72 Å². The molecular weight excluding hydrogens is 214 g/mol. The van der Waals surface area contributed by atoms with E-state index in [9.17, 15) is 8.42 Å². The molecule has 1 aliphatic rings. The molecule has 0 aromatic carbocycles. The molecule has 0 aliphatic carbocycles. The van der Waals surface area contributed by atoms with Gasteiger partial charge in [0.05, 0.1) is 5.75 Å². The first kappa shape index (κ1) is 12.9. The monoisotopic (exact) mass is 235 g/mol. The average molecular weight is 235 g/mol. The lowest BCUT2D eigenvalue weighted by Crippen LogP contribution is -2.33. The SMILES string of the molecule is CCCCS(=O)(=O)NCC1CCOCC1. The van der Waals surface area contributed by atoms with Gasteiger partial charge in [0.15, 0.2) is 0 Å². The van der Waals surface area contributed by atoms with Gasteiger partial charge >= 0.3 is 0 Å². The smallest absolute Gasteiger partial charge is 0.211 e. The topological polar surface area (TPSA) is 55.4 Å². The molecule has 90 valence electrons. The van der Waals surface area contributed by atoms with Crippen LogP contribution in [0.5, 0.6) is 0 Å².